The number of nitrogens with zero attached hydrogens (tertiary/aromatic N) is 6. The van der Waals surface area contributed by atoms with Crippen LogP contribution in [-0.2, 0) is 11.3 Å². The van der Waals surface area contributed by atoms with Crippen molar-refractivity contribution in [3.05, 3.63) is 41.2 Å². The number of fused-ring (bicyclic) bond motifs is 2. The molecule has 1 aliphatic rings. The van der Waals surface area contributed by atoms with Crippen molar-refractivity contribution < 1.29 is 9.59 Å². The molecule has 178 valence electrons. The van der Waals surface area contributed by atoms with Crippen molar-refractivity contribution in [3.63, 3.8) is 0 Å². The fourth-order valence-electron chi connectivity index (χ4n) is 4.25. The maximum atomic E-state index is 13.0. The zero-order valence-electron chi connectivity index (χ0n) is 19.2. The van der Waals surface area contributed by atoms with Crippen LogP contribution in [0.25, 0.3) is 33.5 Å². The lowest BCUT2D eigenvalue weighted by molar-refractivity contribution is -0.137. The molecule has 1 unspecified atom stereocenters. The highest BCUT2D eigenvalue weighted by atomic mass is 35.5. The second kappa shape index (κ2) is 9.00. The molecule has 1 fully saturated rings. The first-order valence-corrected chi connectivity index (χ1v) is 11.8. The Morgan fingerprint density at radius 1 is 1.37 bits per heavy atom. The van der Waals surface area contributed by atoms with E-state index >= 15 is 0 Å². The van der Waals surface area contributed by atoms with E-state index in [1.54, 1.807) is 18.0 Å². The summed E-state index contributed by atoms with van der Waals surface area (Å²) in [7, 11) is 0. The van der Waals surface area contributed by atoms with E-state index in [0.29, 0.717) is 40.7 Å². The van der Waals surface area contributed by atoms with Crippen LogP contribution >= 0.6 is 11.6 Å². The van der Waals surface area contributed by atoms with Gasteiger partial charge >= 0.3 is 0 Å². The van der Waals surface area contributed by atoms with Gasteiger partial charge < -0.3 is 15.2 Å². The summed E-state index contributed by atoms with van der Waals surface area (Å²) in [5.74, 6) is -0.797. The first-order valence-electron chi connectivity index (χ1n) is 11.4. The summed E-state index contributed by atoms with van der Waals surface area (Å²) in [6.45, 7) is 5.21. The van der Waals surface area contributed by atoms with Crippen LogP contribution in [0.5, 0.6) is 0 Å². The van der Waals surface area contributed by atoms with Crippen LogP contribution in [0.3, 0.4) is 0 Å². The molecule has 1 saturated heterocycles. The molecule has 1 aliphatic heterocycles. The molecule has 2 amide bonds. The van der Waals surface area contributed by atoms with Gasteiger partial charge in [0.25, 0.3) is 5.91 Å². The Morgan fingerprint density at radius 2 is 2.17 bits per heavy atom. The third kappa shape index (κ3) is 4.08. The fraction of sp³-hybridized carbons (Fsp3) is 0.333. The molecule has 1 aromatic carbocycles. The van der Waals surface area contributed by atoms with Crippen molar-refractivity contribution in [2.75, 3.05) is 13.1 Å². The SMILES string of the molecule is CCCn1nc(-c2cnc3[nH]cc(C(=O)NC(C)C(=O)N4CC(C#N)C4)c3n2)c2ccc(Cl)cc21. The van der Waals surface area contributed by atoms with Gasteiger partial charge in [-0.05, 0) is 31.5 Å². The van der Waals surface area contributed by atoms with Crippen LogP contribution < -0.4 is 5.32 Å². The van der Waals surface area contributed by atoms with Crippen molar-refractivity contribution in [2.24, 2.45) is 5.92 Å². The largest absolute Gasteiger partial charge is 0.344 e. The van der Waals surface area contributed by atoms with Gasteiger partial charge in [-0.15, -0.1) is 0 Å². The van der Waals surface area contributed by atoms with Gasteiger partial charge in [-0.3, -0.25) is 14.3 Å². The van der Waals surface area contributed by atoms with Crippen molar-refractivity contribution in [3.8, 4) is 17.5 Å². The molecule has 10 nitrogen and oxygen atoms in total. The number of nitrogens with one attached hydrogen (secondary N) is 2. The van der Waals surface area contributed by atoms with Crippen LogP contribution in [0.4, 0.5) is 0 Å². The highest BCUT2D eigenvalue weighted by molar-refractivity contribution is 6.31. The van der Waals surface area contributed by atoms with Gasteiger partial charge in [0.1, 0.15) is 22.9 Å². The summed E-state index contributed by atoms with van der Waals surface area (Å²) >= 11 is 6.22. The summed E-state index contributed by atoms with van der Waals surface area (Å²) in [5.41, 5.74) is 3.22. The zero-order valence-corrected chi connectivity index (χ0v) is 20.0. The lowest BCUT2D eigenvalue weighted by Gasteiger charge is -2.37. The zero-order chi connectivity index (χ0) is 24.7. The van der Waals surface area contributed by atoms with E-state index < -0.39 is 11.9 Å². The molecule has 0 spiro atoms. The molecule has 0 radical (unpaired) electrons. The highest BCUT2D eigenvalue weighted by Gasteiger charge is 2.33. The number of aromatic nitrogens is 5. The predicted molar refractivity (Wildman–Crippen MR) is 131 cm³/mol. The number of H-pyrrole nitrogens is 1. The van der Waals surface area contributed by atoms with Gasteiger partial charge in [0.05, 0.1) is 29.3 Å². The Bertz CT molecular complexity index is 1490. The van der Waals surface area contributed by atoms with Crippen LogP contribution in [0.2, 0.25) is 5.02 Å². The van der Waals surface area contributed by atoms with E-state index in [9.17, 15) is 9.59 Å². The van der Waals surface area contributed by atoms with Gasteiger partial charge in [0, 0.05) is 36.2 Å². The Labute approximate surface area is 205 Å². The monoisotopic (exact) mass is 490 g/mol. The normalized spacial score (nSPS) is 14.6. The van der Waals surface area contributed by atoms with E-state index in [1.165, 1.54) is 6.20 Å². The van der Waals surface area contributed by atoms with Gasteiger partial charge in [0.15, 0.2) is 5.65 Å². The molecule has 35 heavy (non-hydrogen) atoms. The summed E-state index contributed by atoms with van der Waals surface area (Å²) < 4.78 is 1.90. The molecule has 11 heteroatoms. The van der Waals surface area contributed by atoms with Crippen LogP contribution in [-0.4, -0.2) is 60.6 Å². The molecule has 4 aromatic rings. The van der Waals surface area contributed by atoms with Gasteiger partial charge in [0.2, 0.25) is 5.91 Å². The first-order chi connectivity index (χ1) is 16.9. The van der Waals surface area contributed by atoms with Gasteiger partial charge in [-0.25, -0.2) is 9.97 Å². The van der Waals surface area contributed by atoms with Crippen LogP contribution in [0, 0.1) is 17.2 Å². The standard InChI is InChI=1S/C24H23ClN8O2/c1-3-6-33-19-7-15(25)4-5-16(19)20(31-33)18-10-28-22-21(30-18)17(9-27-22)23(34)29-13(2)24(35)32-11-14(8-26)12-32/h4-5,7,9-10,13-14H,3,6,11-12H2,1-2H3,(H,27,28)(H,29,34). The summed E-state index contributed by atoms with van der Waals surface area (Å²) in [4.78, 5) is 39.3. The second-order valence-electron chi connectivity index (χ2n) is 8.65. The second-order valence-corrected chi connectivity index (χ2v) is 9.09. The summed E-state index contributed by atoms with van der Waals surface area (Å²) in [6.07, 6.45) is 4.06. The summed E-state index contributed by atoms with van der Waals surface area (Å²) in [5, 5.41) is 17.9. The van der Waals surface area contributed by atoms with Gasteiger partial charge in [-0.2, -0.15) is 10.4 Å². The average molecular weight is 491 g/mol. The molecule has 2 N–H and O–H groups in total. The number of benzene rings is 1. The van der Waals surface area contributed by atoms with E-state index in [0.717, 1.165) is 23.9 Å². The third-order valence-corrected chi connectivity index (χ3v) is 6.35. The minimum Gasteiger partial charge on any atom is -0.344 e. The first kappa shape index (κ1) is 22.8. The van der Waals surface area contributed by atoms with Crippen LogP contribution in [0.15, 0.2) is 30.6 Å². The quantitative estimate of drug-likeness (QED) is 0.426. The third-order valence-electron chi connectivity index (χ3n) is 6.11. The molecule has 0 saturated carbocycles. The predicted octanol–water partition coefficient (Wildman–Crippen LogP) is 3.14. The number of likely N-dealkylation sites (tertiary alicyclic amines) is 1. The Hall–Kier alpha value is -3.97. The molecular formula is C24H23ClN8O2. The molecule has 0 aliphatic carbocycles. The Morgan fingerprint density at radius 3 is 2.91 bits per heavy atom. The number of amides is 2. The number of carbonyl (C=O) groups is 2. The number of rotatable bonds is 6. The number of hydrogen-bond acceptors (Lipinski definition) is 6. The maximum Gasteiger partial charge on any atom is 0.255 e. The number of hydrogen-bond donors (Lipinski definition) is 2. The number of aryl methyl sites for hydroxylation is 1. The van der Waals surface area contributed by atoms with Crippen molar-refractivity contribution in [1.82, 2.24) is 34.9 Å². The molecule has 5 rings (SSSR count). The number of nitriles is 1. The summed E-state index contributed by atoms with van der Waals surface area (Å²) in [6, 6.07) is 6.99. The minimum absolute atomic E-state index is 0.142. The number of aromatic amines is 1. The van der Waals surface area contributed by atoms with Crippen molar-refractivity contribution >= 4 is 45.5 Å². The molecule has 4 heterocycles. The smallest absolute Gasteiger partial charge is 0.255 e. The Balaban J connectivity index is 1.44. The van der Waals surface area contributed by atoms with Crippen molar-refractivity contribution in [1.29, 1.82) is 5.26 Å². The van der Waals surface area contributed by atoms with E-state index in [2.05, 4.69) is 28.3 Å². The molecule has 0 bridgehead atoms. The average Bonchev–Trinajstić information content (AvgIpc) is 3.39. The van der Waals surface area contributed by atoms with E-state index in [1.807, 2.05) is 22.9 Å². The fourth-order valence-corrected chi connectivity index (χ4v) is 4.41. The Kier molecular flexibility index (Phi) is 5.86. The van der Waals surface area contributed by atoms with Crippen molar-refractivity contribution in [2.45, 2.75) is 32.9 Å². The lowest BCUT2D eigenvalue weighted by atomic mass is 10.0. The highest BCUT2D eigenvalue weighted by Crippen LogP contribution is 2.30. The number of halogens is 1. The lowest BCUT2D eigenvalue weighted by Crippen LogP contribution is -2.55. The molecular weight excluding hydrogens is 468 g/mol. The maximum absolute atomic E-state index is 13.0. The number of carbonyl (C=O) groups excluding carboxylic acids is 2. The van der Waals surface area contributed by atoms with Gasteiger partial charge in [-0.1, -0.05) is 18.5 Å². The topological polar surface area (TPSA) is 133 Å². The van der Waals surface area contributed by atoms with E-state index in [-0.39, 0.29) is 17.4 Å². The molecule has 1 atom stereocenters. The minimum atomic E-state index is -0.735. The van der Waals surface area contributed by atoms with Crippen LogP contribution in [0.1, 0.15) is 30.6 Å². The van der Waals surface area contributed by atoms with E-state index in [4.69, 9.17) is 26.9 Å². The molecule has 3 aromatic heterocycles.